The van der Waals surface area contributed by atoms with Gasteiger partial charge in [-0.25, -0.2) is 0 Å². The highest BCUT2D eigenvalue weighted by Gasteiger charge is 2.21. The van der Waals surface area contributed by atoms with E-state index in [-0.39, 0.29) is 12.1 Å². The predicted molar refractivity (Wildman–Crippen MR) is 67.7 cm³/mol. The molecule has 4 nitrogen and oxygen atoms in total. The van der Waals surface area contributed by atoms with E-state index < -0.39 is 0 Å². The lowest BCUT2D eigenvalue weighted by Crippen LogP contribution is -2.46. The van der Waals surface area contributed by atoms with Crippen molar-refractivity contribution in [3.8, 4) is 0 Å². The number of aryl methyl sites for hydroxylation is 1. The van der Waals surface area contributed by atoms with Crippen LogP contribution >= 0.6 is 11.8 Å². The Morgan fingerprint density at radius 3 is 2.88 bits per heavy atom. The van der Waals surface area contributed by atoms with E-state index in [0.717, 1.165) is 18.7 Å². The summed E-state index contributed by atoms with van der Waals surface area (Å²) in [6.45, 7) is 5.17. The number of aliphatic hydroxyl groups is 1. The van der Waals surface area contributed by atoms with Crippen molar-refractivity contribution in [3.63, 3.8) is 0 Å². The fraction of sp³-hybridized carbons (Fsp3) is 0.727. The van der Waals surface area contributed by atoms with Crippen LogP contribution in [0.25, 0.3) is 0 Å². The van der Waals surface area contributed by atoms with Gasteiger partial charge in [-0.15, -0.1) is 11.8 Å². The van der Waals surface area contributed by atoms with Crippen LogP contribution in [-0.2, 0) is 7.05 Å². The molecule has 2 N–H and O–H groups in total. The summed E-state index contributed by atoms with van der Waals surface area (Å²) >= 11 is 1.77. The zero-order valence-electron chi connectivity index (χ0n) is 10.2. The van der Waals surface area contributed by atoms with Crippen molar-refractivity contribution >= 4 is 11.8 Å². The second kappa shape index (κ2) is 6.27. The molecule has 1 rings (SSSR count). The van der Waals surface area contributed by atoms with Crippen LogP contribution in [0.3, 0.4) is 0 Å². The van der Waals surface area contributed by atoms with Crippen LogP contribution in [0.2, 0.25) is 0 Å². The Morgan fingerprint density at radius 1 is 1.62 bits per heavy atom. The van der Waals surface area contributed by atoms with Gasteiger partial charge < -0.3 is 10.4 Å². The van der Waals surface area contributed by atoms with Gasteiger partial charge in [-0.2, -0.15) is 5.10 Å². The van der Waals surface area contributed by atoms with E-state index in [2.05, 4.69) is 24.3 Å². The van der Waals surface area contributed by atoms with Crippen molar-refractivity contribution in [2.24, 2.45) is 7.05 Å². The second-order valence-electron chi connectivity index (χ2n) is 4.20. The maximum atomic E-state index is 9.33. The Balaban J connectivity index is 2.33. The zero-order chi connectivity index (χ0) is 12.0. The molecule has 1 aromatic heterocycles. The fourth-order valence-electron chi connectivity index (χ4n) is 1.52. The molecule has 0 saturated carbocycles. The lowest BCUT2D eigenvalue weighted by molar-refractivity contribution is 0.173. The Bertz CT molecular complexity index is 316. The number of hydrogen-bond donors (Lipinski definition) is 2. The van der Waals surface area contributed by atoms with Gasteiger partial charge in [0.1, 0.15) is 0 Å². The topological polar surface area (TPSA) is 50.1 Å². The molecule has 16 heavy (non-hydrogen) atoms. The van der Waals surface area contributed by atoms with Gasteiger partial charge in [-0.1, -0.05) is 6.92 Å². The van der Waals surface area contributed by atoms with Crippen molar-refractivity contribution in [2.45, 2.75) is 30.7 Å². The van der Waals surface area contributed by atoms with E-state index in [4.69, 9.17) is 0 Å². The summed E-state index contributed by atoms with van der Waals surface area (Å²) in [5.41, 5.74) is -0.163. The summed E-state index contributed by atoms with van der Waals surface area (Å²) in [6.07, 6.45) is 4.82. The number of nitrogens with one attached hydrogen (secondary N) is 1. The molecule has 5 heteroatoms. The molecule has 1 unspecified atom stereocenters. The van der Waals surface area contributed by atoms with Gasteiger partial charge in [-0.3, -0.25) is 4.68 Å². The number of thioether (sulfide) groups is 1. The summed E-state index contributed by atoms with van der Waals surface area (Å²) in [7, 11) is 1.92. The molecule has 0 fully saturated rings. The third kappa shape index (κ3) is 4.15. The van der Waals surface area contributed by atoms with Crippen LogP contribution in [0, 0.1) is 0 Å². The van der Waals surface area contributed by atoms with E-state index in [1.54, 1.807) is 16.4 Å². The molecule has 0 aliphatic rings. The second-order valence-corrected chi connectivity index (χ2v) is 5.37. The highest BCUT2D eigenvalue weighted by atomic mass is 32.2. The minimum atomic E-state index is -0.163. The van der Waals surface area contributed by atoms with Crippen LogP contribution in [0.1, 0.15) is 20.3 Å². The molecule has 0 radical (unpaired) electrons. The maximum absolute atomic E-state index is 9.33. The molecule has 0 amide bonds. The summed E-state index contributed by atoms with van der Waals surface area (Å²) in [5, 5.41) is 16.8. The van der Waals surface area contributed by atoms with Crippen LogP contribution < -0.4 is 5.32 Å². The SMILES string of the molecule is CCNC(C)(CO)CCSc1cnn(C)c1. The minimum absolute atomic E-state index is 0.163. The number of nitrogens with zero attached hydrogens (tertiary/aromatic N) is 2. The van der Waals surface area contributed by atoms with E-state index in [0.29, 0.717) is 0 Å². The van der Waals surface area contributed by atoms with Gasteiger partial charge in [0.2, 0.25) is 0 Å². The lowest BCUT2D eigenvalue weighted by atomic mass is 10.0. The van der Waals surface area contributed by atoms with E-state index >= 15 is 0 Å². The highest BCUT2D eigenvalue weighted by Crippen LogP contribution is 2.20. The van der Waals surface area contributed by atoms with Crippen molar-refractivity contribution < 1.29 is 5.11 Å². The molecular formula is C11H21N3OS. The third-order valence-electron chi connectivity index (χ3n) is 2.56. The number of aliphatic hydroxyl groups excluding tert-OH is 1. The predicted octanol–water partition coefficient (Wildman–Crippen LogP) is 1.26. The van der Waals surface area contributed by atoms with Crippen LogP contribution in [0.15, 0.2) is 17.3 Å². The Labute approximate surface area is 101 Å². The molecule has 92 valence electrons. The monoisotopic (exact) mass is 243 g/mol. The van der Waals surface area contributed by atoms with Crippen LogP contribution in [0.5, 0.6) is 0 Å². The molecule has 0 aliphatic carbocycles. The van der Waals surface area contributed by atoms with E-state index in [1.807, 2.05) is 19.4 Å². The normalized spacial score (nSPS) is 15.0. The summed E-state index contributed by atoms with van der Waals surface area (Å²) < 4.78 is 1.80. The molecule has 1 aromatic rings. The van der Waals surface area contributed by atoms with E-state index in [9.17, 15) is 5.11 Å². The molecular weight excluding hydrogens is 222 g/mol. The third-order valence-corrected chi connectivity index (χ3v) is 3.51. The number of aromatic nitrogens is 2. The molecule has 1 heterocycles. The summed E-state index contributed by atoms with van der Waals surface area (Å²) in [6, 6.07) is 0. The van der Waals surface area contributed by atoms with Gasteiger partial charge in [0.05, 0.1) is 12.8 Å². The lowest BCUT2D eigenvalue weighted by Gasteiger charge is -2.28. The minimum Gasteiger partial charge on any atom is -0.394 e. The van der Waals surface area contributed by atoms with Crippen LogP contribution in [-0.4, -0.2) is 39.3 Å². The number of hydrogen-bond acceptors (Lipinski definition) is 4. The fourth-order valence-corrected chi connectivity index (χ4v) is 2.65. The Kier molecular flexibility index (Phi) is 5.31. The molecule has 0 bridgehead atoms. The van der Waals surface area contributed by atoms with Gasteiger partial charge in [-0.05, 0) is 25.6 Å². The molecule has 0 aromatic carbocycles. The van der Waals surface area contributed by atoms with Crippen molar-refractivity contribution in [3.05, 3.63) is 12.4 Å². The quantitative estimate of drug-likeness (QED) is 0.708. The van der Waals surface area contributed by atoms with Crippen molar-refractivity contribution in [2.75, 3.05) is 18.9 Å². The average Bonchev–Trinajstić information content (AvgIpc) is 2.65. The highest BCUT2D eigenvalue weighted by molar-refractivity contribution is 7.99. The Hall–Kier alpha value is -0.520. The van der Waals surface area contributed by atoms with Gasteiger partial charge in [0.25, 0.3) is 0 Å². The average molecular weight is 243 g/mol. The van der Waals surface area contributed by atoms with Crippen molar-refractivity contribution in [1.82, 2.24) is 15.1 Å². The molecule has 0 saturated heterocycles. The molecule has 0 aliphatic heterocycles. The zero-order valence-corrected chi connectivity index (χ0v) is 11.0. The number of rotatable bonds is 7. The first-order chi connectivity index (χ1) is 7.59. The molecule has 1 atom stereocenters. The first-order valence-electron chi connectivity index (χ1n) is 5.57. The van der Waals surface area contributed by atoms with E-state index in [1.165, 1.54) is 4.90 Å². The smallest absolute Gasteiger partial charge is 0.0625 e. The van der Waals surface area contributed by atoms with Gasteiger partial charge >= 0.3 is 0 Å². The Morgan fingerprint density at radius 2 is 2.38 bits per heavy atom. The van der Waals surface area contributed by atoms with Crippen LogP contribution in [0.4, 0.5) is 0 Å². The molecule has 0 spiro atoms. The maximum Gasteiger partial charge on any atom is 0.0625 e. The largest absolute Gasteiger partial charge is 0.394 e. The first kappa shape index (κ1) is 13.5. The standard InChI is InChI=1S/C11H21N3OS/c1-4-12-11(2,9-15)5-6-16-10-7-13-14(3)8-10/h7-8,12,15H,4-6,9H2,1-3H3. The van der Waals surface area contributed by atoms with Gasteiger partial charge in [0.15, 0.2) is 0 Å². The van der Waals surface area contributed by atoms with Crippen molar-refractivity contribution in [1.29, 1.82) is 0 Å². The first-order valence-corrected chi connectivity index (χ1v) is 6.55. The summed E-state index contributed by atoms with van der Waals surface area (Å²) in [4.78, 5) is 1.18. The van der Waals surface area contributed by atoms with Gasteiger partial charge in [0, 0.05) is 23.7 Å². The number of likely N-dealkylation sites (N-methyl/N-ethyl adjacent to an activating group) is 1. The summed E-state index contributed by atoms with van der Waals surface area (Å²) in [5.74, 6) is 0.982.